The van der Waals surface area contributed by atoms with Gasteiger partial charge in [0.05, 0.1) is 5.56 Å². The lowest BCUT2D eigenvalue weighted by molar-refractivity contribution is -0.137. The number of pyridine rings is 1. The second kappa shape index (κ2) is 8.12. The Kier molecular flexibility index (Phi) is 5.33. The molecule has 1 aromatic carbocycles. The number of benzene rings is 1. The molecule has 0 saturated heterocycles. The van der Waals surface area contributed by atoms with Crippen molar-refractivity contribution in [3.05, 3.63) is 77.2 Å². The van der Waals surface area contributed by atoms with Gasteiger partial charge >= 0.3 is 6.18 Å². The Morgan fingerprint density at radius 3 is 2.44 bits per heavy atom. The zero-order valence-corrected chi connectivity index (χ0v) is 16.9. The van der Waals surface area contributed by atoms with Crippen LogP contribution < -0.4 is 10.6 Å². The molecule has 1 aliphatic heterocycles. The number of hydrogen-bond acceptors (Lipinski definition) is 8. The van der Waals surface area contributed by atoms with Crippen LogP contribution in [-0.4, -0.2) is 32.9 Å². The van der Waals surface area contributed by atoms with E-state index in [0.717, 1.165) is 11.8 Å². The summed E-state index contributed by atoms with van der Waals surface area (Å²) in [4.78, 5) is 22.5. The maximum atomic E-state index is 12.8. The van der Waals surface area contributed by atoms with Crippen molar-refractivity contribution in [2.45, 2.75) is 13.1 Å². The first-order valence-corrected chi connectivity index (χ1v) is 9.29. The van der Waals surface area contributed by atoms with Crippen molar-refractivity contribution >= 4 is 29.2 Å². The summed E-state index contributed by atoms with van der Waals surface area (Å²) in [5.74, 6) is 0.671. The molecule has 2 N–H and O–H groups in total. The van der Waals surface area contributed by atoms with Crippen molar-refractivity contribution in [1.29, 1.82) is 0 Å². The summed E-state index contributed by atoms with van der Waals surface area (Å²) in [7, 11) is 1.77. The van der Waals surface area contributed by atoms with Gasteiger partial charge in [0.25, 0.3) is 0 Å². The first kappa shape index (κ1) is 21.0. The van der Waals surface area contributed by atoms with E-state index in [1.807, 2.05) is 30.3 Å². The van der Waals surface area contributed by atoms with Crippen LogP contribution in [0.15, 0.2) is 65.1 Å². The van der Waals surface area contributed by atoms with Crippen LogP contribution in [0.3, 0.4) is 0 Å². The number of halogens is 3. The SMILES string of the molecule is CC1=C=C(c2nc(N)nc(N(C)c3ccccc3)n2)N=C(c2ccc(C(F)(F)F)cn2)O1. The lowest BCUT2D eigenvalue weighted by Crippen LogP contribution is -2.17. The summed E-state index contributed by atoms with van der Waals surface area (Å²) in [5, 5.41) is 0. The Morgan fingerprint density at radius 1 is 1.03 bits per heavy atom. The normalized spacial score (nSPS) is 13.6. The third kappa shape index (κ3) is 4.42. The fourth-order valence-electron chi connectivity index (χ4n) is 2.80. The van der Waals surface area contributed by atoms with Gasteiger partial charge in [0.15, 0.2) is 11.5 Å². The molecule has 0 unspecified atom stereocenters. The van der Waals surface area contributed by atoms with Crippen molar-refractivity contribution in [2.75, 3.05) is 17.7 Å². The molecule has 8 nitrogen and oxygen atoms in total. The number of ether oxygens (including phenoxy) is 1. The summed E-state index contributed by atoms with van der Waals surface area (Å²) in [6.07, 6.45) is -3.78. The highest BCUT2D eigenvalue weighted by Gasteiger charge is 2.31. The monoisotopic (exact) mass is 439 g/mol. The molecular weight excluding hydrogens is 423 g/mol. The molecule has 2 aromatic heterocycles. The first-order valence-electron chi connectivity index (χ1n) is 9.29. The van der Waals surface area contributed by atoms with Gasteiger partial charge < -0.3 is 15.4 Å². The summed E-state index contributed by atoms with van der Waals surface area (Å²) < 4.78 is 43.9. The third-order valence-corrected chi connectivity index (χ3v) is 4.36. The van der Waals surface area contributed by atoms with E-state index < -0.39 is 11.7 Å². The van der Waals surface area contributed by atoms with E-state index in [2.05, 4.69) is 30.7 Å². The summed E-state index contributed by atoms with van der Waals surface area (Å²) in [6.45, 7) is 1.61. The number of aliphatic imine (C=N–C) groups is 1. The molecule has 0 bridgehead atoms. The average Bonchev–Trinajstić information content (AvgIpc) is 2.78. The van der Waals surface area contributed by atoms with Crippen LogP contribution >= 0.6 is 0 Å². The lowest BCUT2D eigenvalue weighted by atomic mass is 10.2. The predicted molar refractivity (Wildman–Crippen MR) is 112 cm³/mol. The van der Waals surface area contributed by atoms with Crippen LogP contribution in [0.25, 0.3) is 5.70 Å². The maximum Gasteiger partial charge on any atom is 0.417 e. The zero-order chi connectivity index (χ0) is 22.9. The number of nitrogen functional groups attached to an aromatic ring is 1. The van der Waals surface area contributed by atoms with Gasteiger partial charge in [-0.15, -0.1) is 0 Å². The van der Waals surface area contributed by atoms with Crippen LogP contribution in [-0.2, 0) is 10.9 Å². The first-order chi connectivity index (χ1) is 15.2. The molecule has 3 heterocycles. The van der Waals surface area contributed by atoms with E-state index >= 15 is 0 Å². The number of hydrogen-bond donors (Lipinski definition) is 1. The standard InChI is InChI=1S/C21H16F3N7O/c1-12-10-16(27-18(32-12)15-9-8-13(11-26-15)21(22,23)24)17-28-19(25)30-20(29-17)31(2)14-6-4-3-5-7-14/h3-9,11H,1-2H3,(H2,25,28,29,30). The molecule has 0 atom stereocenters. The highest BCUT2D eigenvalue weighted by molar-refractivity contribution is 5.97. The molecule has 32 heavy (non-hydrogen) atoms. The van der Waals surface area contributed by atoms with Crippen LogP contribution in [0.1, 0.15) is 24.0 Å². The number of anilines is 3. The van der Waals surface area contributed by atoms with Crippen molar-refractivity contribution < 1.29 is 17.9 Å². The molecule has 162 valence electrons. The van der Waals surface area contributed by atoms with Gasteiger partial charge in [0, 0.05) is 25.9 Å². The lowest BCUT2D eigenvalue weighted by Gasteiger charge is -2.18. The predicted octanol–water partition coefficient (Wildman–Crippen LogP) is 3.96. The molecule has 0 saturated carbocycles. The Labute approximate surface area is 180 Å². The third-order valence-electron chi connectivity index (χ3n) is 4.36. The van der Waals surface area contributed by atoms with Crippen molar-refractivity contribution in [2.24, 2.45) is 4.99 Å². The smallest absolute Gasteiger partial charge is 0.417 e. The molecule has 0 spiro atoms. The molecular formula is C21H16F3N7O. The van der Waals surface area contributed by atoms with Gasteiger partial charge in [-0.1, -0.05) is 18.2 Å². The number of nitrogens with two attached hydrogens (primary N) is 1. The topological polar surface area (TPSA) is 102 Å². The van der Waals surface area contributed by atoms with Crippen molar-refractivity contribution in [3.63, 3.8) is 0 Å². The molecule has 11 heteroatoms. The molecule has 3 aromatic rings. The highest BCUT2D eigenvalue weighted by atomic mass is 19.4. The number of aromatic nitrogens is 4. The number of allylic oxidation sites excluding steroid dienone is 1. The Balaban J connectivity index is 1.70. The van der Waals surface area contributed by atoms with E-state index in [1.54, 1.807) is 18.9 Å². The quantitative estimate of drug-likeness (QED) is 0.614. The fraction of sp³-hybridized carbons (Fsp3) is 0.143. The Bertz CT molecular complexity index is 1250. The van der Waals surface area contributed by atoms with E-state index in [0.29, 0.717) is 12.0 Å². The zero-order valence-electron chi connectivity index (χ0n) is 16.9. The highest BCUT2D eigenvalue weighted by Crippen LogP contribution is 2.29. The van der Waals surface area contributed by atoms with Crippen molar-refractivity contribution in [1.82, 2.24) is 19.9 Å². The van der Waals surface area contributed by atoms with Crippen LogP contribution in [0.5, 0.6) is 0 Å². The average molecular weight is 439 g/mol. The van der Waals surface area contributed by atoms with Gasteiger partial charge in [0.2, 0.25) is 17.8 Å². The number of para-hydroxylation sites is 1. The summed E-state index contributed by atoms with van der Waals surface area (Å²) >= 11 is 0. The van der Waals surface area contributed by atoms with Crippen molar-refractivity contribution in [3.8, 4) is 0 Å². The minimum Gasteiger partial charge on any atom is -0.433 e. The van der Waals surface area contributed by atoms with Gasteiger partial charge in [0.1, 0.15) is 11.5 Å². The minimum atomic E-state index is -4.49. The molecule has 4 rings (SSSR count). The van der Waals surface area contributed by atoms with Crippen LogP contribution in [0.4, 0.5) is 30.8 Å². The van der Waals surface area contributed by atoms with E-state index in [1.165, 1.54) is 6.07 Å². The van der Waals surface area contributed by atoms with Gasteiger partial charge in [-0.2, -0.15) is 33.1 Å². The van der Waals surface area contributed by atoms with Gasteiger partial charge in [-0.05, 0) is 30.0 Å². The molecule has 0 fully saturated rings. The van der Waals surface area contributed by atoms with Gasteiger partial charge in [-0.3, -0.25) is 4.98 Å². The molecule has 0 amide bonds. The fourth-order valence-corrected chi connectivity index (χ4v) is 2.80. The Hall–Kier alpha value is -4.24. The van der Waals surface area contributed by atoms with E-state index in [4.69, 9.17) is 10.5 Å². The number of nitrogens with zero attached hydrogens (tertiary/aromatic N) is 6. The number of alkyl halides is 3. The maximum absolute atomic E-state index is 12.8. The Morgan fingerprint density at radius 2 is 1.78 bits per heavy atom. The second-order valence-corrected chi connectivity index (χ2v) is 6.69. The molecule has 0 aliphatic carbocycles. The largest absolute Gasteiger partial charge is 0.433 e. The van der Waals surface area contributed by atoms with E-state index in [9.17, 15) is 13.2 Å². The molecule has 0 radical (unpaired) electrons. The van der Waals surface area contributed by atoms with Gasteiger partial charge in [-0.25, -0.2) is 0 Å². The van der Waals surface area contributed by atoms with E-state index in [-0.39, 0.29) is 35.0 Å². The minimum absolute atomic E-state index is 0.0121. The molecule has 1 aliphatic rings. The van der Waals surface area contributed by atoms with Crippen LogP contribution in [0.2, 0.25) is 0 Å². The number of rotatable bonds is 4. The summed E-state index contributed by atoms with van der Waals surface area (Å²) in [5.41, 5.74) is 9.02. The second-order valence-electron chi connectivity index (χ2n) is 6.69. The summed E-state index contributed by atoms with van der Waals surface area (Å²) in [6, 6.07) is 11.5. The van der Waals surface area contributed by atoms with Crippen LogP contribution in [0, 0.1) is 0 Å².